The van der Waals surface area contributed by atoms with Gasteiger partial charge in [0, 0.05) is 45.6 Å². The Balaban J connectivity index is 1.54. The molecule has 1 aromatic rings. The smallest absolute Gasteiger partial charge is 0.352 e. The molecule has 0 saturated carbocycles. The van der Waals surface area contributed by atoms with E-state index in [4.69, 9.17) is 5.73 Å². The fourth-order valence-electron chi connectivity index (χ4n) is 5.02. The summed E-state index contributed by atoms with van der Waals surface area (Å²) in [6.45, 7) is 5.98. The summed E-state index contributed by atoms with van der Waals surface area (Å²) < 4.78 is -0.995. The van der Waals surface area contributed by atoms with E-state index in [1.807, 2.05) is 19.1 Å². The summed E-state index contributed by atoms with van der Waals surface area (Å²) in [6, 6.07) is 7.83. The van der Waals surface area contributed by atoms with Crippen molar-refractivity contribution in [3.63, 3.8) is 0 Å². The largest absolute Gasteiger partial charge is 0.477 e. The third-order valence-corrected chi connectivity index (χ3v) is 10.6. The fraction of sp³-hybridized carbons (Fsp3) is 0.565. The van der Waals surface area contributed by atoms with Gasteiger partial charge in [0.1, 0.15) is 10.4 Å². The molecule has 3 aliphatic rings. The van der Waals surface area contributed by atoms with Crippen LogP contribution in [0.4, 0.5) is 0 Å². The Morgan fingerprint density at radius 3 is 2.52 bits per heavy atom. The topological polar surface area (TPSA) is 116 Å². The van der Waals surface area contributed by atoms with E-state index in [2.05, 4.69) is 17.4 Å². The van der Waals surface area contributed by atoms with Gasteiger partial charge in [-0.1, -0.05) is 6.92 Å². The molecule has 1 aromatic carbocycles. The first-order valence-corrected chi connectivity index (χ1v) is 14.1. The van der Waals surface area contributed by atoms with Crippen LogP contribution in [-0.2, 0) is 9.59 Å². The number of aliphatic hydroxyl groups excluding tert-OH is 1. The summed E-state index contributed by atoms with van der Waals surface area (Å²) in [7, 11) is 0. The molecule has 3 unspecified atom stereocenters. The number of β-lactam (4-membered cyclic amide) rings is 1. The summed E-state index contributed by atoms with van der Waals surface area (Å²) in [6.07, 6.45) is 0.0783. The van der Waals surface area contributed by atoms with Gasteiger partial charge in [-0.3, -0.25) is 9.69 Å². The van der Waals surface area contributed by atoms with E-state index < -0.39 is 16.8 Å². The molecule has 1 amide bonds. The minimum Gasteiger partial charge on any atom is -0.477 e. The van der Waals surface area contributed by atoms with Crippen molar-refractivity contribution in [3.8, 4) is 0 Å². The molecule has 0 spiro atoms. The first kappa shape index (κ1) is 24.9. The Morgan fingerprint density at radius 1 is 1.30 bits per heavy atom. The average molecular weight is 510 g/mol. The van der Waals surface area contributed by atoms with Crippen molar-refractivity contribution in [1.29, 1.82) is 0 Å². The van der Waals surface area contributed by atoms with Gasteiger partial charge in [0.05, 0.1) is 12.1 Å². The lowest BCUT2D eigenvalue weighted by Crippen LogP contribution is -2.76. The zero-order valence-corrected chi connectivity index (χ0v) is 21.3. The molecular weight excluding hydrogens is 478 g/mol. The molecule has 5 atom stereocenters. The first-order chi connectivity index (χ1) is 15.8. The number of hydrogen-bond donors (Lipinski definition) is 4. The molecule has 180 valence electrons. The lowest BCUT2D eigenvalue weighted by molar-refractivity contribution is -0.158. The predicted octanol–water partition coefficient (Wildman–Crippen LogP) is 2.24. The normalized spacial score (nSPS) is 29.9. The maximum Gasteiger partial charge on any atom is 0.352 e. The van der Waals surface area contributed by atoms with Crippen molar-refractivity contribution in [2.45, 2.75) is 52.2 Å². The van der Waals surface area contributed by atoms with Crippen molar-refractivity contribution in [2.24, 2.45) is 11.7 Å². The van der Waals surface area contributed by atoms with E-state index in [-0.39, 0.29) is 28.8 Å². The maximum atomic E-state index is 13.4. The van der Waals surface area contributed by atoms with Crippen LogP contribution in [0.25, 0.3) is 0 Å². The number of nitrogens with two attached hydrogens (primary N) is 1. The monoisotopic (exact) mass is 509 g/mol. The van der Waals surface area contributed by atoms with E-state index in [1.165, 1.54) is 16.7 Å². The highest BCUT2D eigenvalue weighted by Crippen LogP contribution is 2.57. The number of hydrogen-bond acceptors (Lipinski definition) is 8. The fourth-order valence-corrected chi connectivity index (χ4v) is 8.59. The van der Waals surface area contributed by atoms with Crippen LogP contribution in [0.5, 0.6) is 0 Å². The number of carbonyl (C=O) groups excluding carboxylic acids is 1. The Morgan fingerprint density at radius 2 is 1.97 bits per heavy atom. The van der Waals surface area contributed by atoms with Crippen molar-refractivity contribution in [1.82, 2.24) is 10.2 Å². The third-order valence-electron chi connectivity index (χ3n) is 6.64. The van der Waals surface area contributed by atoms with Crippen LogP contribution in [0, 0.1) is 5.92 Å². The van der Waals surface area contributed by atoms with Crippen molar-refractivity contribution in [3.05, 3.63) is 35.5 Å². The number of amides is 1. The first-order valence-electron chi connectivity index (χ1n) is 11.2. The van der Waals surface area contributed by atoms with Crippen LogP contribution < -0.4 is 11.1 Å². The summed E-state index contributed by atoms with van der Waals surface area (Å²) in [4.78, 5) is 29.3. The molecule has 2 fully saturated rings. The van der Waals surface area contributed by atoms with Crippen LogP contribution in [0.2, 0.25) is 0 Å². The molecule has 0 radical (unpaired) electrons. The van der Waals surface area contributed by atoms with E-state index >= 15 is 0 Å². The average Bonchev–Trinajstić information content (AvgIpc) is 3.39. The van der Waals surface area contributed by atoms with Gasteiger partial charge in [0.15, 0.2) is 0 Å². The molecule has 2 saturated heterocycles. The minimum atomic E-state index is -1.08. The van der Waals surface area contributed by atoms with Crippen LogP contribution in [-0.4, -0.2) is 80.3 Å². The zero-order valence-electron chi connectivity index (χ0n) is 18.8. The molecule has 33 heavy (non-hydrogen) atoms. The third kappa shape index (κ3) is 4.46. The molecule has 7 nitrogen and oxygen atoms in total. The molecule has 0 aromatic heterocycles. The Labute approximate surface area is 207 Å². The quantitative estimate of drug-likeness (QED) is 0.278. The predicted molar refractivity (Wildman–Crippen MR) is 135 cm³/mol. The molecular formula is C23H31N3O4S3. The number of rotatable bonds is 10. The van der Waals surface area contributed by atoms with Gasteiger partial charge >= 0.3 is 5.97 Å². The van der Waals surface area contributed by atoms with Crippen LogP contribution in [0.15, 0.2) is 45.3 Å². The SMILES string of the molecule is CC(O)C1(SC2CCNC2)C(=O)N2C(C(=O)O)=C(CSc3ccc(SCCN)cc3)[C@@H](C)[C@H]21. The number of aliphatic hydroxyl groups is 1. The number of benzene rings is 1. The molecule has 4 rings (SSSR count). The molecule has 3 heterocycles. The van der Waals surface area contributed by atoms with Gasteiger partial charge in [0.2, 0.25) is 5.91 Å². The number of carboxylic acids is 1. The standard InChI is InChI=1S/C23H31N3O4S3/c1-13-18(12-32-16-5-3-15(4-6-16)31-10-8-24)19(21(28)29)26-20(13)23(14(2)27,22(26)30)33-17-7-9-25-11-17/h3-6,13-14,17,20,25,27H,7-12,24H2,1-2H3,(H,28,29)/t13-,14?,17?,20+,23?/m1/s1. The molecule has 0 aliphatic carbocycles. The van der Waals surface area contributed by atoms with Gasteiger partial charge in [-0.2, -0.15) is 0 Å². The van der Waals surface area contributed by atoms with Gasteiger partial charge < -0.3 is 21.3 Å². The number of carbonyl (C=O) groups is 2. The van der Waals surface area contributed by atoms with Gasteiger partial charge in [-0.15, -0.1) is 35.3 Å². The highest BCUT2D eigenvalue weighted by atomic mass is 32.2. The lowest BCUT2D eigenvalue weighted by atomic mass is 9.77. The Bertz CT molecular complexity index is 933. The second-order valence-electron chi connectivity index (χ2n) is 8.69. The molecule has 5 N–H and O–H groups in total. The number of thioether (sulfide) groups is 3. The number of carboxylic acid groups (broad SMARTS) is 1. The van der Waals surface area contributed by atoms with Crippen LogP contribution in [0.1, 0.15) is 20.3 Å². The van der Waals surface area contributed by atoms with Crippen LogP contribution >= 0.6 is 35.3 Å². The zero-order chi connectivity index (χ0) is 23.8. The Hall–Kier alpha value is -1.17. The van der Waals surface area contributed by atoms with Gasteiger partial charge in [-0.25, -0.2) is 4.79 Å². The summed E-state index contributed by atoms with van der Waals surface area (Å²) in [5.74, 6) is -0.135. The molecule has 10 heteroatoms. The van der Waals surface area contributed by atoms with Crippen molar-refractivity contribution >= 4 is 47.2 Å². The number of nitrogens with zero attached hydrogens (tertiary/aromatic N) is 1. The Kier molecular flexibility index (Phi) is 7.72. The summed E-state index contributed by atoms with van der Waals surface area (Å²) in [5, 5.41) is 24.3. The molecule has 0 bridgehead atoms. The molecule has 3 aliphatic heterocycles. The van der Waals surface area contributed by atoms with E-state index in [9.17, 15) is 19.8 Å². The van der Waals surface area contributed by atoms with E-state index in [0.717, 1.165) is 40.6 Å². The number of nitrogens with one attached hydrogen (secondary N) is 1. The van der Waals surface area contributed by atoms with E-state index in [1.54, 1.807) is 30.4 Å². The number of fused-ring (bicyclic) bond motifs is 1. The van der Waals surface area contributed by atoms with Gasteiger partial charge in [0.25, 0.3) is 0 Å². The van der Waals surface area contributed by atoms with Crippen LogP contribution in [0.3, 0.4) is 0 Å². The van der Waals surface area contributed by atoms with Gasteiger partial charge in [-0.05, 0) is 49.7 Å². The minimum absolute atomic E-state index is 0.0987. The summed E-state index contributed by atoms with van der Waals surface area (Å²) >= 11 is 4.82. The lowest BCUT2D eigenvalue weighted by Gasteiger charge is -2.56. The maximum absolute atomic E-state index is 13.4. The summed E-state index contributed by atoms with van der Waals surface area (Å²) in [5.41, 5.74) is 6.43. The van der Waals surface area contributed by atoms with Crippen molar-refractivity contribution in [2.75, 3.05) is 31.1 Å². The number of aliphatic carboxylic acids is 1. The van der Waals surface area contributed by atoms with E-state index in [0.29, 0.717) is 12.3 Å². The highest BCUT2D eigenvalue weighted by molar-refractivity contribution is 8.02. The second-order valence-corrected chi connectivity index (χ2v) is 12.5. The second kappa shape index (κ2) is 10.2. The van der Waals surface area contributed by atoms with Crippen molar-refractivity contribution < 1.29 is 19.8 Å². The highest BCUT2D eigenvalue weighted by Gasteiger charge is 2.70.